The number of hydrogen-bond donors (Lipinski definition) is 2. The summed E-state index contributed by atoms with van der Waals surface area (Å²) < 4.78 is 5.38. The second-order valence-electron chi connectivity index (χ2n) is 6.19. The van der Waals surface area contributed by atoms with Gasteiger partial charge in [0.05, 0.1) is 6.10 Å². The van der Waals surface area contributed by atoms with E-state index < -0.39 is 0 Å². The normalized spacial score (nSPS) is 18.3. The van der Waals surface area contributed by atoms with Crippen molar-refractivity contribution >= 4 is 30.7 Å². The Bertz CT molecular complexity index is 294. The van der Waals surface area contributed by atoms with Crippen LogP contribution in [0.25, 0.3) is 0 Å². The molecule has 1 atom stereocenters. The molecule has 0 aromatic heterocycles. The smallest absolute Gasteiger partial charge is 0.221 e. The van der Waals surface area contributed by atoms with E-state index in [4.69, 9.17) is 10.5 Å². The Labute approximate surface area is 141 Å². The number of carbonyl (C=O) groups is 1. The SMILES string of the molecule is COC1CCN(C(C)(C)CNC(=O)CC(C)N)CC1.Cl.Cl. The Balaban J connectivity index is 0. The van der Waals surface area contributed by atoms with Crippen molar-refractivity contribution < 1.29 is 9.53 Å². The molecule has 0 radical (unpaired) electrons. The molecule has 1 rings (SSSR count). The molecule has 0 aliphatic carbocycles. The van der Waals surface area contributed by atoms with Gasteiger partial charge in [-0.05, 0) is 33.6 Å². The van der Waals surface area contributed by atoms with Crippen LogP contribution in [0.15, 0.2) is 0 Å². The number of hydrogen-bond acceptors (Lipinski definition) is 4. The fourth-order valence-electron chi connectivity index (χ4n) is 2.49. The largest absolute Gasteiger partial charge is 0.381 e. The lowest BCUT2D eigenvalue weighted by molar-refractivity contribution is -0.122. The van der Waals surface area contributed by atoms with Crippen molar-refractivity contribution in [2.75, 3.05) is 26.7 Å². The number of methoxy groups -OCH3 is 1. The molecule has 3 N–H and O–H groups in total. The van der Waals surface area contributed by atoms with Gasteiger partial charge in [0.25, 0.3) is 0 Å². The summed E-state index contributed by atoms with van der Waals surface area (Å²) in [5, 5.41) is 2.98. The van der Waals surface area contributed by atoms with Gasteiger partial charge in [-0.15, -0.1) is 24.8 Å². The summed E-state index contributed by atoms with van der Waals surface area (Å²) in [6.07, 6.45) is 2.91. The van der Waals surface area contributed by atoms with E-state index in [1.165, 1.54) is 0 Å². The van der Waals surface area contributed by atoms with Crippen molar-refractivity contribution in [2.45, 2.75) is 57.7 Å². The molecule has 1 heterocycles. The molecule has 1 unspecified atom stereocenters. The van der Waals surface area contributed by atoms with Crippen LogP contribution in [0.4, 0.5) is 0 Å². The molecule has 21 heavy (non-hydrogen) atoms. The van der Waals surface area contributed by atoms with Gasteiger partial charge < -0.3 is 15.8 Å². The minimum atomic E-state index is -0.0828. The molecule has 1 fully saturated rings. The number of nitrogens with one attached hydrogen (secondary N) is 1. The lowest BCUT2D eigenvalue weighted by Crippen LogP contribution is -2.55. The maximum atomic E-state index is 11.7. The predicted molar refractivity (Wildman–Crippen MR) is 91.5 cm³/mol. The molecule has 0 aromatic rings. The van der Waals surface area contributed by atoms with Gasteiger partial charge in [0.2, 0.25) is 5.91 Å². The molecular weight excluding hydrogens is 313 g/mol. The number of ether oxygens (including phenoxy) is 1. The first-order valence-corrected chi connectivity index (χ1v) is 7.15. The fourth-order valence-corrected chi connectivity index (χ4v) is 2.49. The van der Waals surface area contributed by atoms with Crippen molar-refractivity contribution in [1.82, 2.24) is 10.2 Å². The zero-order valence-corrected chi connectivity index (χ0v) is 15.2. The average Bonchev–Trinajstić information content (AvgIpc) is 2.36. The van der Waals surface area contributed by atoms with Crippen molar-refractivity contribution in [1.29, 1.82) is 0 Å². The van der Waals surface area contributed by atoms with Crippen LogP contribution in [0.5, 0.6) is 0 Å². The highest BCUT2D eigenvalue weighted by molar-refractivity contribution is 5.85. The summed E-state index contributed by atoms with van der Waals surface area (Å²) in [4.78, 5) is 14.1. The van der Waals surface area contributed by atoms with Crippen molar-refractivity contribution in [3.05, 3.63) is 0 Å². The Morgan fingerprint density at radius 1 is 1.38 bits per heavy atom. The summed E-state index contributed by atoms with van der Waals surface area (Å²) >= 11 is 0. The zero-order chi connectivity index (χ0) is 14.5. The number of likely N-dealkylation sites (tertiary alicyclic amines) is 1. The summed E-state index contributed by atoms with van der Waals surface area (Å²) in [7, 11) is 1.78. The van der Waals surface area contributed by atoms with E-state index in [0.717, 1.165) is 25.9 Å². The average molecular weight is 344 g/mol. The number of rotatable bonds is 6. The van der Waals surface area contributed by atoms with Crippen LogP contribution >= 0.6 is 24.8 Å². The van der Waals surface area contributed by atoms with Gasteiger partial charge in [-0.1, -0.05) is 0 Å². The van der Waals surface area contributed by atoms with Crippen LogP contribution in [0, 0.1) is 0 Å². The molecular formula is C14H31Cl2N3O2. The number of nitrogens with two attached hydrogens (primary N) is 1. The van der Waals surface area contributed by atoms with Gasteiger partial charge >= 0.3 is 0 Å². The molecule has 1 saturated heterocycles. The van der Waals surface area contributed by atoms with E-state index >= 15 is 0 Å². The van der Waals surface area contributed by atoms with Crippen LogP contribution < -0.4 is 11.1 Å². The molecule has 1 aliphatic heterocycles. The molecule has 7 heteroatoms. The second kappa shape index (κ2) is 10.6. The molecule has 1 aliphatic rings. The summed E-state index contributed by atoms with van der Waals surface area (Å²) in [6, 6.07) is -0.0828. The molecule has 0 spiro atoms. The van der Waals surface area contributed by atoms with Crippen LogP contribution in [-0.2, 0) is 9.53 Å². The molecule has 0 aromatic carbocycles. The van der Waals surface area contributed by atoms with E-state index in [1.54, 1.807) is 7.11 Å². The molecule has 0 saturated carbocycles. The first-order valence-electron chi connectivity index (χ1n) is 7.15. The molecule has 0 bridgehead atoms. The Hall–Kier alpha value is -0.0700. The lowest BCUT2D eigenvalue weighted by atomic mass is 9.97. The van der Waals surface area contributed by atoms with Crippen LogP contribution in [-0.4, -0.2) is 55.2 Å². The third-order valence-corrected chi connectivity index (χ3v) is 3.86. The van der Waals surface area contributed by atoms with E-state index in [9.17, 15) is 4.79 Å². The maximum absolute atomic E-state index is 11.7. The number of piperidine rings is 1. The number of halogens is 2. The minimum absolute atomic E-state index is 0. The van der Waals surface area contributed by atoms with Crippen molar-refractivity contribution in [3.63, 3.8) is 0 Å². The highest BCUT2D eigenvalue weighted by atomic mass is 35.5. The lowest BCUT2D eigenvalue weighted by Gasteiger charge is -2.42. The third kappa shape index (κ3) is 8.21. The minimum Gasteiger partial charge on any atom is -0.381 e. The number of carbonyl (C=O) groups excluding carboxylic acids is 1. The van der Waals surface area contributed by atoms with E-state index in [0.29, 0.717) is 19.1 Å². The van der Waals surface area contributed by atoms with Gasteiger partial charge in [0.15, 0.2) is 0 Å². The van der Waals surface area contributed by atoms with Crippen molar-refractivity contribution in [3.8, 4) is 0 Å². The van der Waals surface area contributed by atoms with E-state index in [-0.39, 0.29) is 42.3 Å². The Morgan fingerprint density at radius 3 is 2.33 bits per heavy atom. The first-order chi connectivity index (χ1) is 8.85. The zero-order valence-electron chi connectivity index (χ0n) is 13.6. The van der Waals surface area contributed by atoms with Gasteiger partial charge in [0, 0.05) is 44.7 Å². The van der Waals surface area contributed by atoms with E-state index in [1.807, 2.05) is 6.92 Å². The predicted octanol–water partition coefficient (Wildman–Crippen LogP) is 1.57. The second-order valence-corrected chi connectivity index (χ2v) is 6.19. The monoisotopic (exact) mass is 343 g/mol. The molecule has 1 amide bonds. The van der Waals surface area contributed by atoms with Crippen LogP contribution in [0.1, 0.15) is 40.0 Å². The fraction of sp³-hybridized carbons (Fsp3) is 0.929. The van der Waals surface area contributed by atoms with E-state index in [2.05, 4.69) is 24.1 Å². The topological polar surface area (TPSA) is 67.6 Å². The van der Waals surface area contributed by atoms with Gasteiger partial charge in [0.1, 0.15) is 0 Å². The summed E-state index contributed by atoms with van der Waals surface area (Å²) in [5.41, 5.74) is 5.60. The standard InChI is InChI=1S/C14H29N3O2.2ClH/c1-11(15)9-13(18)16-10-14(2,3)17-7-5-12(19-4)6-8-17;;/h11-12H,5-10,15H2,1-4H3,(H,16,18);2*1H. The molecule has 128 valence electrons. The van der Waals surface area contributed by atoms with Gasteiger partial charge in [-0.2, -0.15) is 0 Å². The highest BCUT2D eigenvalue weighted by Gasteiger charge is 2.30. The van der Waals surface area contributed by atoms with Crippen LogP contribution in [0.2, 0.25) is 0 Å². The van der Waals surface area contributed by atoms with Crippen LogP contribution in [0.3, 0.4) is 0 Å². The quantitative estimate of drug-likeness (QED) is 0.768. The third-order valence-electron chi connectivity index (χ3n) is 3.86. The van der Waals surface area contributed by atoms with Gasteiger partial charge in [-0.25, -0.2) is 0 Å². The summed E-state index contributed by atoms with van der Waals surface area (Å²) in [5.74, 6) is 0.0369. The van der Waals surface area contributed by atoms with Gasteiger partial charge in [-0.3, -0.25) is 9.69 Å². The first kappa shape index (κ1) is 23.2. The maximum Gasteiger partial charge on any atom is 0.221 e. The summed E-state index contributed by atoms with van der Waals surface area (Å²) in [6.45, 7) is 8.90. The van der Waals surface area contributed by atoms with Crippen molar-refractivity contribution in [2.24, 2.45) is 5.73 Å². The Kier molecular flexibility index (Phi) is 11.7. The Morgan fingerprint density at radius 2 is 1.90 bits per heavy atom. The molecule has 5 nitrogen and oxygen atoms in total. The number of amides is 1. The highest BCUT2D eigenvalue weighted by Crippen LogP contribution is 2.21. The number of nitrogens with zero attached hydrogens (tertiary/aromatic N) is 1.